The Kier molecular flexibility index (Phi) is 4.84. The van der Waals surface area contributed by atoms with Gasteiger partial charge in [-0.3, -0.25) is 0 Å². The molecule has 2 aromatic carbocycles. The van der Waals surface area contributed by atoms with E-state index in [0.717, 1.165) is 5.56 Å². The van der Waals surface area contributed by atoms with E-state index in [4.69, 9.17) is 11.5 Å². The first-order valence-electron chi connectivity index (χ1n) is 8.06. The molecule has 0 bridgehead atoms. The van der Waals surface area contributed by atoms with Crippen molar-refractivity contribution in [2.24, 2.45) is 0 Å². The zero-order valence-corrected chi connectivity index (χ0v) is 15.7. The van der Waals surface area contributed by atoms with E-state index < -0.39 is 9.84 Å². The number of nitrogen functional groups attached to an aromatic ring is 2. The first kappa shape index (κ1) is 18.4. The van der Waals surface area contributed by atoms with Crippen LogP contribution in [0.15, 0.2) is 53.4 Å². The highest BCUT2D eigenvalue weighted by molar-refractivity contribution is 7.90. The molecular formula is C20H18N4O2S. The molecule has 0 spiro atoms. The van der Waals surface area contributed by atoms with E-state index in [1.165, 1.54) is 18.4 Å². The zero-order chi connectivity index (χ0) is 19.6. The molecule has 0 aliphatic rings. The number of aryl methyl sites for hydroxylation is 1. The summed E-state index contributed by atoms with van der Waals surface area (Å²) in [6.07, 6.45) is 1.17. The van der Waals surface area contributed by atoms with Gasteiger partial charge in [0.05, 0.1) is 21.8 Å². The monoisotopic (exact) mass is 378 g/mol. The fourth-order valence-corrected chi connectivity index (χ4v) is 3.14. The fourth-order valence-electron chi connectivity index (χ4n) is 2.51. The summed E-state index contributed by atoms with van der Waals surface area (Å²) in [5.74, 6) is 6.30. The van der Waals surface area contributed by atoms with Gasteiger partial charge in [0.1, 0.15) is 0 Å². The average molecular weight is 378 g/mol. The molecule has 7 heteroatoms. The Morgan fingerprint density at radius 1 is 0.889 bits per heavy atom. The number of aromatic nitrogens is 2. The van der Waals surface area contributed by atoms with E-state index in [1.807, 2.05) is 12.1 Å². The van der Waals surface area contributed by atoms with E-state index in [0.29, 0.717) is 28.2 Å². The smallest absolute Gasteiger partial charge is 0.220 e. The van der Waals surface area contributed by atoms with Gasteiger partial charge >= 0.3 is 0 Å². The van der Waals surface area contributed by atoms with Crippen molar-refractivity contribution in [3.8, 4) is 23.1 Å². The molecule has 4 N–H and O–H groups in total. The third kappa shape index (κ3) is 4.25. The van der Waals surface area contributed by atoms with Crippen LogP contribution in [0.2, 0.25) is 0 Å². The Bertz CT molecular complexity index is 1160. The minimum absolute atomic E-state index is 0.132. The molecule has 0 aliphatic carbocycles. The van der Waals surface area contributed by atoms with E-state index in [2.05, 4.69) is 21.8 Å². The predicted octanol–water partition coefficient (Wildman–Crippen LogP) is 2.42. The van der Waals surface area contributed by atoms with Crippen molar-refractivity contribution in [2.75, 3.05) is 17.7 Å². The van der Waals surface area contributed by atoms with Gasteiger partial charge in [-0.25, -0.2) is 18.4 Å². The molecule has 1 heterocycles. The summed E-state index contributed by atoms with van der Waals surface area (Å²) in [6, 6.07) is 13.7. The number of rotatable bonds is 2. The van der Waals surface area contributed by atoms with Crippen LogP contribution in [0.1, 0.15) is 16.8 Å². The van der Waals surface area contributed by atoms with E-state index in [1.54, 1.807) is 31.2 Å². The predicted molar refractivity (Wildman–Crippen MR) is 107 cm³/mol. The van der Waals surface area contributed by atoms with Gasteiger partial charge in [0.25, 0.3) is 0 Å². The van der Waals surface area contributed by atoms with Crippen LogP contribution in [0.3, 0.4) is 0 Å². The van der Waals surface area contributed by atoms with Gasteiger partial charge in [-0.2, -0.15) is 0 Å². The first-order valence-corrected chi connectivity index (χ1v) is 9.95. The maximum atomic E-state index is 11.7. The number of sulfone groups is 1. The Balaban J connectivity index is 2.10. The van der Waals surface area contributed by atoms with Crippen molar-refractivity contribution in [2.45, 2.75) is 11.8 Å². The third-order valence-electron chi connectivity index (χ3n) is 3.91. The number of nitrogens with two attached hydrogens (primary N) is 2. The van der Waals surface area contributed by atoms with Crippen LogP contribution in [-0.4, -0.2) is 24.6 Å². The van der Waals surface area contributed by atoms with E-state index in [9.17, 15) is 8.42 Å². The molecule has 0 aliphatic heterocycles. The molecule has 0 fully saturated rings. The zero-order valence-electron chi connectivity index (χ0n) is 14.9. The molecule has 3 aromatic rings. The molecule has 0 atom stereocenters. The lowest BCUT2D eigenvalue weighted by Gasteiger charge is -2.08. The molecule has 1 aromatic heterocycles. The average Bonchev–Trinajstić information content (AvgIpc) is 2.61. The molecule has 0 saturated carbocycles. The summed E-state index contributed by atoms with van der Waals surface area (Å²) in [7, 11) is -3.27. The standard InChI is InChI=1S/C20H18N4O2S/c1-13-18(12-5-14-3-8-16(21)9-4-14)19(24-20(22)23-13)15-6-10-17(11-7-15)27(2,25)26/h3-4,6-11H,21H2,1-2H3,(H2,22,23,24). The molecule has 136 valence electrons. The summed E-state index contributed by atoms with van der Waals surface area (Å²) in [5, 5.41) is 0. The van der Waals surface area contributed by atoms with Gasteiger partial charge in [-0.05, 0) is 43.3 Å². The highest BCUT2D eigenvalue weighted by Crippen LogP contribution is 2.25. The van der Waals surface area contributed by atoms with Crippen molar-refractivity contribution in [3.05, 3.63) is 65.4 Å². The minimum atomic E-state index is -3.27. The van der Waals surface area contributed by atoms with Crippen LogP contribution < -0.4 is 11.5 Å². The van der Waals surface area contributed by atoms with Crippen molar-refractivity contribution < 1.29 is 8.42 Å². The summed E-state index contributed by atoms with van der Waals surface area (Å²) >= 11 is 0. The van der Waals surface area contributed by atoms with Crippen molar-refractivity contribution in [1.82, 2.24) is 9.97 Å². The Hall–Kier alpha value is -3.37. The van der Waals surface area contributed by atoms with Crippen LogP contribution >= 0.6 is 0 Å². The Morgan fingerprint density at radius 3 is 2.11 bits per heavy atom. The van der Waals surface area contributed by atoms with Crippen LogP contribution in [0.25, 0.3) is 11.3 Å². The minimum Gasteiger partial charge on any atom is -0.399 e. The second kappa shape index (κ2) is 7.09. The third-order valence-corrected chi connectivity index (χ3v) is 5.03. The molecule has 0 unspecified atom stereocenters. The molecule has 0 saturated heterocycles. The lowest BCUT2D eigenvalue weighted by atomic mass is 10.0. The normalized spacial score (nSPS) is 10.9. The van der Waals surface area contributed by atoms with Gasteiger partial charge in [-0.15, -0.1) is 0 Å². The SMILES string of the molecule is Cc1nc(N)nc(-c2ccc(S(C)(=O)=O)cc2)c1C#Cc1ccc(N)cc1. The molecule has 0 amide bonds. The maximum Gasteiger partial charge on any atom is 0.220 e. The number of hydrogen-bond donors (Lipinski definition) is 2. The highest BCUT2D eigenvalue weighted by Gasteiger charge is 2.13. The van der Waals surface area contributed by atoms with Crippen molar-refractivity contribution in [1.29, 1.82) is 0 Å². The first-order chi connectivity index (χ1) is 12.7. The number of nitrogens with zero attached hydrogens (tertiary/aromatic N) is 2. The number of hydrogen-bond acceptors (Lipinski definition) is 6. The maximum absolute atomic E-state index is 11.7. The summed E-state index contributed by atoms with van der Waals surface area (Å²) < 4.78 is 23.3. The molecule has 27 heavy (non-hydrogen) atoms. The molecular weight excluding hydrogens is 360 g/mol. The highest BCUT2D eigenvalue weighted by atomic mass is 32.2. The molecule has 0 radical (unpaired) electrons. The Labute approximate surface area is 158 Å². The van der Waals surface area contributed by atoms with Crippen LogP contribution in [0, 0.1) is 18.8 Å². The van der Waals surface area contributed by atoms with Gasteiger partial charge in [0.2, 0.25) is 5.95 Å². The molecule has 3 rings (SSSR count). The Morgan fingerprint density at radius 2 is 1.52 bits per heavy atom. The van der Waals surface area contributed by atoms with Gasteiger partial charge in [0.15, 0.2) is 9.84 Å². The van der Waals surface area contributed by atoms with Gasteiger partial charge < -0.3 is 11.5 Å². The van der Waals surface area contributed by atoms with E-state index in [-0.39, 0.29) is 10.8 Å². The van der Waals surface area contributed by atoms with Crippen molar-refractivity contribution >= 4 is 21.5 Å². The van der Waals surface area contributed by atoms with Gasteiger partial charge in [-0.1, -0.05) is 24.0 Å². The largest absolute Gasteiger partial charge is 0.399 e. The summed E-state index contributed by atoms with van der Waals surface area (Å²) in [6.45, 7) is 1.80. The van der Waals surface area contributed by atoms with Crippen LogP contribution in [0.4, 0.5) is 11.6 Å². The van der Waals surface area contributed by atoms with E-state index >= 15 is 0 Å². The number of anilines is 2. The second-order valence-electron chi connectivity index (χ2n) is 6.06. The van der Waals surface area contributed by atoms with Crippen LogP contribution in [0.5, 0.6) is 0 Å². The summed E-state index contributed by atoms with van der Waals surface area (Å²) in [5.41, 5.74) is 15.5. The lowest BCUT2D eigenvalue weighted by Crippen LogP contribution is -2.03. The summed E-state index contributed by atoms with van der Waals surface area (Å²) in [4.78, 5) is 8.74. The number of benzene rings is 2. The van der Waals surface area contributed by atoms with Crippen LogP contribution in [-0.2, 0) is 9.84 Å². The topological polar surface area (TPSA) is 112 Å². The van der Waals surface area contributed by atoms with Gasteiger partial charge in [0, 0.05) is 23.1 Å². The fraction of sp³-hybridized carbons (Fsp3) is 0.100. The quantitative estimate of drug-likeness (QED) is 0.523. The lowest BCUT2D eigenvalue weighted by molar-refractivity contribution is 0.602. The second-order valence-corrected chi connectivity index (χ2v) is 8.08. The molecule has 6 nitrogen and oxygen atoms in total. The van der Waals surface area contributed by atoms with Crippen molar-refractivity contribution in [3.63, 3.8) is 0 Å².